The van der Waals surface area contributed by atoms with Crippen LogP contribution in [0.3, 0.4) is 0 Å². The second kappa shape index (κ2) is 14.9. The van der Waals surface area contributed by atoms with Crippen LogP contribution in [0.25, 0.3) is 6.08 Å². The van der Waals surface area contributed by atoms with E-state index in [1.165, 1.54) is 6.08 Å². The highest BCUT2D eigenvalue weighted by molar-refractivity contribution is 6.72. The smallest absolute Gasteiger partial charge is 0.331 e. The Hall–Kier alpha value is -1.54. The summed E-state index contributed by atoms with van der Waals surface area (Å²) in [5, 5.41) is 0. The van der Waals surface area contributed by atoms with Crippen LogP contribution in [0.5, 0.6) is 11.5 Å². The Kier molecular flexibility index (Phi) is 13.2. The molecule has 0 heterocycles. The predicted octanol–water partition coefficient (Wildman–Crippen LogP) is 8.04. The zero-order chi connectivity index (χ0) is 35.5. The highest BCUT2D eigenvalue weighted by atomic mass is 28.4. The zero-order valence-corrected chi connectivity index (χ0v) is 36.2. The van der Waals surface area contributed by atoms with E-state index in [9.17, 15) is 9.59 Å². The van der Waals surface area contributed by atoms with E-state index in [4.69, 9.17) is 31.6 Å². The third kappa shape index (κ3) is 13.9. The molecule has 2 atom stereocenters. The van der Waals surface area contributed by atoms with E-state index in [0.717, 1.165) is 5.56 Å². The third-order valence-electron chi connectivity index (χ3n) is 6.34. The first-order valence-corrected chi connectivity index (χ1v) is 33.2. The number of ether oxygens (including phenoxy) is 2. The molecule has 46 heavy (non-hydrogen) atoms. The van der Waals surface area contributed by atoms with Crippen molar-refractivity contribution in [3.63, 3.8) is 0 Å². The normalized spacial score (nSPS) is 23.3. The standard InChI is InChI=1S/C32H60O9Si5/c1-35-26-21-24(17-19-25(26)37-42(2,3)4)18-20-29(33)36-30-27(38-43(5,6)7)22-32(41-46(14,15)16,31(34)40-45(11,12)13)23-28(30)39-44(8,9)10/h17-21,27-28,30H,22-23H2,1-16H3/b20-18+. The minimum Gasteiger partial charge on any atom is -0.542 e. The van der Waals surface area contributed by atoms with Crippen molar-refractivity contribution in [2.45, 2.75) is 135 Å². The number of carbonyl (C=O) groups is 2. The lowest BCUT2D eigenvalue weighted by atomic mass is 9.79. The highest BCUT2D eigenvalue weighted by Gasteiger charge is 2.57. The van der Waals surface area contributed by atoms with Crippen molar-refractivity contribution in [3.05, 3.63) is 29.8 Å². The van der Waals surface area contributed by atoms with Gasteiger partial charge in [-0.3, -0.25) is 4.79 Å². The number of rotatable bonds is 14. The molecule has 0 saturated heterocycles. The number of carbonyl (C=O) groups excluding carboxylic acids is 2. The van der Waals surface area contributed by atoms with Gasteiger partial charge in [-0.25, -0.2) is 4.79 Å². The summed E-state index contributed by atoms with van der Waals surface area (Å²) in [5.41, 5.74) is -0.504. The Balaban J connectivity index is 2.52. The molecular weight excluding hydrogens is 669 g/mol. The van der Waals surface area contributed by atoms with E-state index in [1.807, 2.05) is 37.8 Å². The quantitative estimate of drug-likeness (QED) is 0.107. The van der Waals surface area contributed by atoms with Crippen LogP contribution in [-0.2, 0) is 32.0 Å². The summed E-state index contributed by atoms with van der Waals surface area (Å²) in [4.78, 5) is 27.5. The van der Waals surface area contributed by atoms with Gasteiger partial charge < -0.3 is 31.6 Å². The summed E-state index contributed by atoms with van der Waals surface area (Å²) >= 11 is 0. The Bertz CT molecular complexity index is 1210. The van der Waals surface area contributed by atoms with Crippen LogP contribution in [0.15, 0.2) is 24.3 Å². The van der Waals surface area contributed by atoms with Crippen molar-refractivity contribution in [1.82, 2.24) is 0 Å². The maximum Gasteiger partial charge on any atom is 0.331 e. The third-order valence-corrected chi connectivity index (χ3v) is 11.0. The largest absolute Gasteiger partial charge is 0.542 e. The van der Waals surface area contributed by atoms with Crippen LogP contribution in [-0.4, -0.2) is 84.5 Å². The van der Waals surface area contributed by atoms with E-state index in [0.29, 0.717) is 11.5 Å². The number of hydrogen-bond acceptors (Lipinski definition) is 9. The minimum absolute atomic E-state index is 0.216. The van der Waals surface area contributed by atoms with Crippen LogP contribution in [0.1, 0.15) is 18.4 Å². The van der Waals surface area contributed by atoms with Gasteiger partial charge in [-0.05, 0) is 122 Å². The average molecular weight is 729 g/mol. The van der Waals surface area contributed by atoms with Gasteiger partial charge >= 0.3 is 11.9 Å². The second-order valence-corrected chi connectivity index (χ2v) is 39.2. The fourth-order valence-corrected chi connectivity index (χ4v) is 10.5. The molecule has 1 aliphatic rings. The lowest BCUT2D eigenvalue weighted by Crippen LogP contribution is -2.64. The van der Waals surface area contributed by atoms with Crippen molar-refractivity contribution in [2.24, 2.45) is 0 Å². The number of hydrogen-bond donors (Lipinski definition) is 0. The SMILES string of the molecule is COc1cc(/C=C/C(=O)OC2C(O[Si](C)(C)C)CC(O[Si](C)(C)C)(C(=O)O[Si](C)(C)C)CC2O[Si](C)(C)C)ccc1O[Si](C)(C)C. The van der Waals surface area contributed by atoms with E-state index in [1.54, 1.807) is 13.2 Å². The Morgan fingerprint density at radius 3 is 1.65 bits per heavy atom. The van der Waals surface area contributed by atoms with Gasteiger partial charge in [-0.15, -0.1) is 0 Å². The number of esters is 1. The molecule has 2 unspecified atom stereocenters. The van der Waals surface area contributed by atoms with Gasteiger partial charge in [-0.2, -0.15) is 0 Å². The molecule has 262 valence electrons. The minimum atomic E-state index is -2.27. The van der Waals surface area contributed by atoms with Crippen LogP contribution in [0.2, 0.25) is 98.2 Å². The van der Waals surface area contributed by atoms with Crippen LogP contribution in [0.4, 0.5) is 0 Å². The Morgan fingerprint density at radius 1 is 0.717 bits per heavy atom. The molecule has 0 N–H and O–H groups in total. The first-order valence-electron chi connectivity index (χ1n) is 16.2. The van der Waals surface area contributed by atoms with Crippen molar-refractivity contribution in [2.75, 3.05) is 7.11 Å². The highest BCUT2D eigenvalue weighted by Crippen LogP contribution is 2.42. The topological polar surface area (TPSA) is 98.8 Å². The maximum atomic E-state index is 14.1. The number of methoxy groups -OCH3 is 1. The van der Waals surface area contributed by atoms with Crippen molar-refractivity contribution in [1.29, 1.82) is 0 Å². The molecule has 0 spiro atoms. The maximum absolute atomic E-state index is 14.1. The summed E-state index contributed by atoms with van der Waals surface area (Å²) in [6, 6.07) is 5.57. The summed E-state index contributed by atoms with van der Waals surface area (Å²) < 4.78 is 44.2. The van der Waals surface area contributed by atoms with Crippen LogP contribution < -0.4 is 9.16 Å². The fraction of sp³-hybridized carbons (Fsp3) is 0.688. The lowest BCUT2D eigenvalue weighted by molar-refractivity contribution is -0.188. The predicted molar refractivity (Wildman–Crippen MR) is 198 cm³/mol. The van der Waals surface area contributed by atoms with E-state index in [2.05, 4.69) is 78.6 Å². The average Bonchev–Trinajstić information content (AvgIpc) is 2.80. The molecule has 1 aromatic carbocycles. The molecule has 0 bridgehead atoms. The Morgan fingerprint density at radius 2 is 1.24 bits per heavy atom. The zero-order valence-electron chi connectivity index (χ0n) is 31.2. The van der Waals surface area contributed by atoms with Gasteiger partial charge in [0.1, 0.15) is 5.75 Å². The molecule has 0 aliphatic heterocycles. The molecule has 1 fully saturated rings. The Labute approximate surface area is 283 Å². The van der Waals surface area contributed by atoms with Crippen LogP contribution in [0, 0.1) is 0 Å². The van der Waals surface area contributed by atoms with Gasteiger partial charge in [0.15, 0.2) is 42.4 Å². The molecule has 1 aromatic rings. The van der Waals surface area contributed by atoms with E-state index in [-0.39, 0.29) is 18.8 Å². The van der Waals surface area contributed by atoms with Gasteiger partial charge in [0, 0.05) is 18.9 Å². The molecule has 0 amide bonds. The summed E-state index contributed by atoms with van der Waals surface area (Å²) in [5.74, 6) is 0.380. The van der Waals surface area contributed by atoms with Gasteiger partial charge in [-0.1, -0.05) is 6.07 Å². The van der Waals surface area contributed by atoms with Crippen molar-refractivity contribution in [3.8, 4) is 11.5 Å². The molecule has 0 aromatic heterocycles. The first-order chi connectivity index (χ1) is 20.6. The summed E-state index contributed by atoms with van der Waals surface area (Å²) in [7, 11) is -9.17. The summed E-state index contributed by atoms with van der Waals surface area (Å²) in [6.45, 7) is 31.0. The first kappa shape index (κ1) is 40.6. The molecule has 1 saturated carbocycles. The second-order valence-electron chi connectivity index (χ2n) is 17.0. The van der Waals surface area contributed by atoms with Gasteiger partial charge in [0.05, 0.1) is 19.3 Å². The van der Waals surface area contributed by atoms with Gasteiger partial charge in [0.25, 0.3) is 0 Å². The van der Waals surface area contributed by atoms with Gasteiger partial charge in [0.2, 0.25) is 16.6 Å². The molecule has 9 nitrogen and oxygen atoms in total. The number of benzene rings is 1. The monoisotopic (exact) mass is 728 g/mol. The molecule has 2 rings (SSSR count). The van der Waals surface area contributed by atoms with Crippen molar-refractivity contribution >= 4 is 59.6 Å². The summed E-state index contributed by atoms with van der Waals surface area (Å²) in [6.07, 6.45) is 1.55. The fourth-order valence-electron chi connectivity index (χ4n) is 5.27. The molecular formula is C32H60O9Si5. The van der Waals surface area contributed by atoms with E-state index < -0.39 is 71.5 Å². The van der Waals surface area contributed by atoms with Crippen molar-refractivity contribution < 1.29 is 41.2 Å². The van der Waals surface area contributed by atoms with Crippen LogP contribution >= 0.6 is 0 Å². The van der Waals surface area contributed by atoms with E-state index >= 15 is 0 Å². The molecule has 0 radical (unpaired) electrons. The molecule has 1 aliphatic carbocycles. The lowest BCUT2D eigenvalue weighted by Gasteiger charge is -2.50. The molecule has 14 heteroatoms.